The van der Waals surface area contributed by atoms with Crippen molar-refractivity contribution in [2.75, 3.05) is 4.72 Å². The molecule has 0 atom stereocenters. The normalized spacial score (nSPS) is 11.0. The van der Waals surface area contributed by atoms with Gasteiger partial charge >= 0.3 is 5.97 Å². The molecule has 2 N–H and O–H groups in total. The fourth-order valence-corrected chi connectivity index (χ4v) is 3.00. The number of hydrogen-bond acceptors (Lipinski definition) is 6. The number of hydrogen-bond donors (Lipinski definition) is 2. The summed E-state index contributed by atoms with van der Waals surface area (Å²) in [5.41, 5.74) is -0.804. The van der Waals surface area contributed by atoms with E-state index in [0.717, 1.165) is 24.3 Å². The molecule has 0 aliphatic rings. The lowest BCUT2D eigenvalue weighted by atomic mass is 10.2. The number of nitrogens with one attached hydrogen (secondary N) is 1. The van der Waals surface area contributed by atoms with Gasteiger partial charge in [-0.05, 0) is 25.1 Å². The lowest BCUT2D eigenvalue weighted by molar-refractivity contribution is -0.385. The fraction of sp³-hybridized carbons (Fsp3) is 0.0714. The largest absolute Gasteiger partial charge is 0.872 e. The fourth-order valence-electron chi connectivity index (χ4n) is 1.93. The van der Waals surface area contributed by atoms with Crippen LogP contribution in [0, 0.1) is 17.0 Å². The molecule has 2 rings (SSSR count). The molecule has 0 spiro atoms. The zero-order valence-corrected chi connectivity index (χ0v) is 13.0. The van der Waals surface area contributed by atoms with Crippen LogP contribution in [0.1, 0.15) is 15.9 Å². The molecular formula is C14H11N2O7S-. The maximum atomic E-state index is 12.3. The number of carboxylic acid groups (broad SMARTS) is 1. The van der Waals surface area contributed by atoms with Crippen molar-refractivity contribution in [3.05, 3.63) is 57.6 Å². The van der Waals surface area contributed by atoms with E-state index in [0.29, 0.717) is 5.56 Å². The molecule has 0 aliphatic carbocycles. The number of carboxylic acids is 1. The predicted octanol–water partition coefficient (Wildman–Crippen LogP) is 1.48. The van der Waals surface area contributed by atoms with E-state index in [9.17, 15) is 28.4 Å². The third-order valence-corrected chi connectivity index (χ3v) is 4.53. The Morgan fingerprint density at radius 2 is 1.88 bits per heavy atom. The summed E-state index contributed by atoms with van der Waals surface area (Å²) in [5, 5.41) is 31.2. The average molecular weight is 351 g/mol. The quantitative estimate of drug-likeness (QED) is 0.611. The molecule has 0 saturated carbocycles. The van der Waals surface area contributed by atoms with Gasteiger partial charge in [-0.1, -0.05) is 17.9 Å². The van der Waals surface area contributed by atoms with Crippen LogP contribution in [0.2, 0.25) is 0 Å². The summed E-state index contributed by atoms with van der Waals surface area (Å²) in [4.78, 5) is 20.8. The summed E-state index contributed by atoms with van der Waals surface area (Å²) in [6.45, 7) is 1.47. The molecular weight excluding hydrogens is 340 g/mol. The van der Waals surface area contributed by atoms with Crippen molar-refractivity contribution < 1.29 is 28.3 Å². The first-order chi connectivity index (χ1) is 11.1. The van der Waals surface area contributed by atoms with Gasteiger partial charge in [0.05, 0.1) is 15.4 Å². The predicted molar refractivity (Wildman–Crippen MR) is 81.5 cm³/mol. The number of aryl methyl sites for hydroxylation is 1. The standard InChI is InChI=1S/C14H12N2O7S/c1-8-2-4-10(7-12(8)16(20)21)24(22,23)15-9-3-5-13(17)11(6-9)14(18)19/h2-7,15,17H,1H3,(H,18,19)/p-1. The van der Waals surface area contributed by atoms with Gasteiger partial charge in [-0.25, -0.2) is 13.2 Å². The van der Waals surface area contributed by atoms with Crippen LogP contribution in [0.25, 0.3) is 0 Å². The Morgan fingerprint density at radius 1 is 1.21 bits per heavy atom. The highest BCUT2D eigenvalue weighted by molar-refractivity contribution is 7.92. The van der Waals surface area contributed by atoms with Crippen LogP contribution < -0.4 is 9.83 Å². The lowest BCUT2D eigenvalue weighted by Gasteiger charge is -2.13. The van der Waals surface area contributed by atoms with E-state index >= 15 is 0 Å². The summed E-state index contributed by atoms with van der Waals surface area (Å²) in [7, 11) is -4.19. The van der Waals surface area contributed by atoms with E-state index in [1.807, 2.05) is 0 Å². The highest BCUT2D eigenvalue weighted by Gasteiger charge is 2.20. The molecule has 0 aliphatic heterocycles. The molecule has 0 aromatic heterocycles. The minimum absolute atomic E-state index is 0.143. The van der Waals surface area contributed by atoms with Crippen molar-refractivity contribution in [2.24, 2.45) is 0 Å². The van der Waals surface area contributed by atoms with E-state index in [4.69, 9.17) is 5.11 Å². The molecule has 0 radical (unpaired) electrons. The highest BCUT2D eigenvalue weighted by atomic mass is 32.2. The van der Waals surface area contributed by atoms with E-state index in [1.165, 1.54) is 19.1 Å². The molecule has 2 aromatic rings. The third-order valence-electron chi connectivity index (χ3n) is 3.15. The van der Waals surface area contributed by atoms with E-state index in [-0.39, 0.29) is 16.3 Å². The van der Waals surface area contributed by atoms with Gasteiger partial charge in [0.1, 0.15) is 0 Å². The maximum absolute atomic E-state index is 12.3. The number of nitro groups is 1. The van der Waals surface area contributed by atoms with Crippen LogP contribution in [0.3, 0.4) is 0 Å². The van der Waals surface area contributed by atoms with Crippen molar-refractivity contribution in [2.45, 2.75) is 11.8 Å². The summed E-state index contributed by atoms with van der Waals surface area (Å²) < 4.78 is 26.7. The number of nitro benzene ring substituents is 1. The molecule has 0 amide bonds. The molecule has 10 heteroatoms. The summed E-state index contributed by atoms with van der Waals surface area (Å²) in [6, 6.07) is 6.28. The molecule has 9 nitrogen and oxygen atoms in total. The van der Waals surface area contributed by atoms with Gasteiger partial charge in [0.2, 0.25) is 0 Å². The Labute approximate surface area is 136 Å². The monoisotopic (exact) mass is 351 g/mol. The molecule has 2 aromatic carbocycles. The SMILES string of the molecule is Cc1ccc(S(=O)(=O)Nc2ccc([O-])c(C(=O)O)c2)cc1[N+](=O)[O-]. The number of aromatic carboxylic acids is 1. The van der Waals surface area contributed by atoms with Gasteiger partial charge in [0.25, 0.3) is 15.7 Å². The molecule has 126 valence electrons. The highest BCUT2D eigenvalue weighted by Crippen LogP contribution is 2.25. The second-order valence-corrected chi connectivity index (χ2v) is 6.51. The first kappa shape index (κ1) is 17.2. The number of rotatable bonds is 5. The third kappa shape index (κ3) is 3.43. The lowest BCUT2D eigenvalue weighted by Crippen LogP contribution is -2.14. The second kappa shape index (κ2) is 6.16. The minimum Gasteiger partial charge on any atom is -0.872 e. The smallest absolute Gasteiger partial charge is 0.335 e. The van der Waals surface area contributed by atoms with Crippen LogP contribution >= 0.6 is 0 Å². The first-order valence-electron chi connectivity index (χ1n) is 6.44. The maximum Gasteiger partial charge on any atom is 0.335 e. The number of sulfonamides is 1. The van der Waals surface area contributed by atoms with Crippen LogP contribution in [0.15, 0.2) is 41.3 Å². The van der Waals surface area contributed by atoms with Crippen LogP contribution in [0.4, 0.5) is 11.4 Å². The zero-order valence-electron chi connectivity index (χ0n) is 12.2. The number of nitrogens with zero attached hydrogens (tertiary/aromatic N) is 1. The topological polar surface area (TPSA) is 150 Å². The Morgan fingerprint density at radius 3 is 2.46 bits per heavy atom. The molecule has 24 heavy (non-hydrogen) atoms. The summed E-state index contributed by atoms with van der Waals surface area (Å²) in [6.07, 6.45) is 0. The van der Waals surface area contributed by atoms with Crippen LogP contribution in [-0.4, -0.2) is 24.4 Å². The number of benzene rings is 2. The van der Waals surface area contributed by atoms with Crippen molar-refractivity contribution in [1.82, 2.24) is 0 Å². The molecule has 0 bridgehead atoms. The molecule has 0 unspecified atom stereocenters. The summed E-state index contributed by atoms with van der Waals surface area (Å²) >= 11 is 0. The first-order valence-corrected chi connectivity index (χ1v) is 7.92. The van der Waals surface area contributed by atoms with Gasteiger partial charge < -0.3 is 10.2 Å². The average Bonchev–Trinajstić information content (AvgIpc) is 2.48. The van der Waals surface area contributed by atoms with E-state index < -0.39 is 32.2 Å². The van der Waals surface area contributed by atoms with Gasteiger partial charge in [-0.3, -0.25) is 14.8 Å². The van der Waals surface area contributed by atoms with Gasteiger partial charge in [-0.15, -0.1) is 0 Å². The number of anilines is 1. The molecule has 0 saturated heterocycles. The van der Waals surface area contributed by atoms with Crippen molar-refractivity contribution in [3.63, 3.8) is 0 Å². The Balaban J connectivity index is 2.42. The minimum atomic E-state index is -4.19. The van der Waals surface area contributed by atoms with Gasteiger partial charge in [0, 0.05) is 17.3 Å². The van der Waals surface area contributed by atoms with Gasteiger partial charge in [-0.2, -0.15) is 0 Å². The molecule has 0 heterocycles. The van der Waals surface area contributed by atoms with Crippen molar-refractivity contribution >= 4 is 27.4 Å². The van der Waals surface area contributed by atoms with Crippen LogP contribution in [0.5, 0.6) is 5.75 Å². The molecule has 0 fully saturated rings. The van der Waals surface area contributed by atoms with Crippen molar-refractivity contribution in [1.29, 1.82) is 0 Å². The van der Waals surface area contributed by atoms with E-state index in [1.54, 1.807) is 0 Å². The Kier molecular flexibility index (Phi) is 4.42. The zero-order chi connectivity index (χ0) is 18.1. The van der Waals surface area contributed by atoms with E-state index in [2.05, 4.69) is 4.72 Å². The van der Waals surface area contributed by atoms with Gasteiger partial charge in [0.15, 0.2) is 0 Å². The van der Waals surface area contributed by atoms with Crippen LogP contribution in [-0.2, 0) is 10.0 Å². The Bertz CT molecular complexity index is 938. The second-order valence-electron chi connectivity index (χ2n) is 4.83. The summed E-state index contributed by atoms with van der Waals surface area (Å²) in [5.74, 6) is -2.26. The number of carbonyl (C=O) groups is 1. The Hall–Kier alpha value is -3.14. The van der Waals surface area contributed by atoms with Crippen molar-refractivity contribution in [3.8, 4) is 5.75 Å².